The molecule has 0 fully saturated rings. The monoisotopic (exact) mass is 360 g/mol. The molecule has 24 heavy (non-hydrogen) atoms. The SMILES string of the molecule is COc1cn(Cc2ccccc2)c(-c2ccc(Cl)c(Cl)c2)nc1=O. The van der Waals surface area contributed by atoms with Gasteiger partial charge in [0, 0.05) is 12.1 Å². The summed E-state index contributed by atoms with van der Waals surface area (Å²) < 4.78 is 6.97. The molecule has 6 heteroatoms. The zero-order valence-electron chi connectivity index (χ0n) is 12.9. The van der Waals surface area contributed by atoms with Crippen LogP contribution in [0, 0.1) is 0 Å². The maximum atomic E-state index is 12.1. The number of benzene rings is 2. The first-order chi connectivity index (χ1) is 11.6. The van der Waals surface area contributed by atoms with E-state index in [1.807, 2.05) is 34.9 Å². The standard InChI is InChI=1S/C18H14Cl2N2O2/c1-24-16-11-22(10-12-5-3-2-4-6-12)17(21-18(16)23)13-7-8-14(19)15(20)9-13/h2-9,11H,10H2,1H3. The number of hydrogen-bond donors (Lipinski definition) is 0. The highest BCUT2D eigenvalue weighted by Crippen LogP contribution is 2.28. The van der Waals surface area contributed by atoms with Crippen LogP contribution >= 0.6 is 23.2 Å². The lowest BCUT2D eigenvalue weighted by Crippen LogP contribution is -2.17. The van der Waals surface area contributed by atoms with Gasteiger partial charge in [-0.2, -0.15) is 4.98 Å². The first-order valence-electron chi connectivity index (χ1n) is 7.23. The average molecular weight is 361 g/mol. The summed E-state index contributed by atoms with van der Waals surface area (Å²) >= 11 is 12.1. The van der Waals surface area contributed by atoms with Gasteiger partial charge in [-0.15, -0.1) is 0 Å². The smallest absolute Gasteiger partial charge is 0.315 e. The summed E-state index contributed by atoms with van der Waals surface area (Å²) in [5, 5.41) is 0.858. The minimum atomic E-state index is -0.428. The van der Waals surface area contributed by atoms with E-state index < -0.39 is 5.56 Å². The van der Waals surface area contributed by atoms with E-state index in [-0.39, 0.29) is 5.75 Å². The van der Waals surface area contributed by atoms with Crippen LogP contribution in [0.3, 0.4) is 0 Å². The van der Waals surface area contributed by atoms with Crippen molar-refractivity contribution in [3.05, 3.63) is 80.7 Å². The van der Waals surface area contributed by atoms with Crippen molar-refractivity contribution in [2.24, 2.45) is 0 Å². The highest BCUT2D eigenvalue weighted by atomic mass is 35.5. The number of hydrogen-bond acceptors (Lipinski definition) is 3. The molecule has 0 aliphatic carbocycles. The van der Waals surface area contributed by atoms with Crippen LogP contribution in [-0.4, -0.2) is 16.7 Å². The Labute approximate surface area is 149 Å². The van der Waals surface area contributed by atoms with Crippen molar-refractivity contribution in [2.45, 2.75) is 6.54 Å². The molecule has 122 valence electrons. The van der Waals surface area contributed by atoms with Crippen LogP contribution in [-0.2, 0) is 6.54 Å². The molecule has 0 amide bonds. The highest BCUT2D eigenvalue weighted by molar-refractivity contribution is 6.42. The van der Waals surface area contributed by atoms with Gasteiger partial charge in [0.1, 0.15) is 5.82 Å². The Kier molecular flexibility index (Phi) is 4.88. The zero-order valence-corrected chi connectivity index (χ0v) is 14.4. The van der Waals surface area contributed by atoms with Crippen LogP contribution in [0.4, 0.5) is 0 Å². The molecular formula is C18H14Cl2N2O2. The van der Waals surface area contributed by atoms with Crippen molar-refractivity contribution in [2.75, 3.05) is 7.11 Å². The van der Waals surface area contributed by atoms with Crippen molar-refractivity contribution >= 4 is 23.2 Å². The largest absolute Gasteiger partial charge is 0.490 e. The summed E-state index contributed by atoms with van der Waals surface area (Å²) in [6.45, 7) is 0.542. The second-order valence-corrected chi connectivity index (χ2v) is 5.99. The van der Waals surface area contributed by atoms with Gasteiger partial charge < -0.3 is 9.30 Å². The van der Waals surface area contributed by atoms with Crippen molar-refractivity contribution in [3.8, 4) is 17.1 Å². The molecular weight excluding hydrogens is 347 g/mol. The van der Waals surface area contributed by atoms with E-state index in [4.69, 9.17) is 27.9 Å². The van der Waals surface area contributed by atoms with Crippen LogP contribution in [0.15, 0.2) is 59.5 Å². The molecule has 0 saturated heterocycles. The lowest BCUT2D eigenvalue weighted by atomic mass is 10.2. The number of halogens is 2. The van der Waals surface area contributed by atoms with Gasteiger partial charge in [-0.05, 0) is 23.8 Å². The molecule has 1 heterocycles. The van der Waals surface area contributed by atoms with Crippen LogP contribution in [0.5, 0.6) is 5.75 Å². The van der Waals surface area contributed by atoms with Gasteiger partial charge >= 0.3 is 5.56 Å². The number of rotatable bonds is 4. The zero-order chi connectivity index (χ0) is 17.1. The van der Waals surface area contributed by atoms with Crippen LogP contribution in [0.1, 0.15) is 5.56 Å². The Balaban J connectivity index is 2.14. The van der Waals surface area contributed by atoms with Crippen molar-refractivity contribution in [1.29, 1.82) is 0 Å². The molecule has 0 unspecified atom stereocenters. The summed E-state index contributed by atoms with van der Waals surface area (Å²) in [5.41, 5.74) is 1.36. The van der Waals surface area contributed by atoms with Gasteiger partial charge in [-0.1, -0.05) is 53.5 Å². The van der Waals surface area contributed by atoms with Gasteiger partial charge in [0.15, 0.2) is 0 Å². The molecule has 0 aliphatic heterocycles. The maximum absolute atomic E-state index is 12.1. The third-order valence-electron chi connectivity index (χ3n) is 3.56. The topological polar surface area (TPSA) is 44.1 Å². The molecule has 0 aliphatic rings. The van der Waals surface area contributed by atoms with Crippen molar-refractivity contribution < 1.29 is 4.74 Å². The Hall–Kier alpha value is -2.30. The molecule has 0 saturated carbocycles. The Morgan fingerprint density at radius 3 is 2.50 bits per heavy atom. The number of ether oxygens (including phenoxy) is 1. The molecule has 2 aromatic carbocycles. The summed E-state index contributed by atoms with van der Waals surface area (Å²) in [4.78, 5) is 16.3. The summed E-state index contributed by atoms with van der Waals surface area (Å²) in [6.07, 6.45) is 1.65. The normalized spacial score (nSPS) is 10.6. The van der Waals surface area contributed by atoms with E-state index in [0.717, 1.165) is 5.56 Å². The van der Waals surface area contributed by atoms with E-state index >= 15 is 0 Å². The van der Waals surface area contributed by atoms with E-state index in [1.165, 1.54) is 7.11 Å². The Morgan fingerprint density at radius 2 is 1.83 bits per heavy atom. The first kappa shape index (κ1) is 16.6. The first-order valence-corrected chi connectivity index (χ1v) is 7.99. The second kappa shape index (κ2) is 7.07. The number of methoxy groups -OCH3 is 1. The average Bonchev–Trinajstić information content (AvgIpc) is 2.59. The van der Waals surface area contributed by atoms with Gasteiger partial charge in [-0.25, -0.2) is 0 Å². The number of aromatic nitrogens is 2. The molecule has 0 atom stereocenters. The lowest BCUT2D eigenvalue weighted by Gasteiger charge is -2.14. The van der Waals surface area contributed by atoms with Crippen molar-refractivity contribution in [1.82, 2.24) is 9.55 Å². The molecule has 0 bridgehead atoms. The fourth-order valence-corrected chi connectivity index (χ4v) is 2.68. The molecule has 0 N–H and O–H groups in total. The fraction of sp³-hybridized carbons (Fsp3) is 0.111. The van der Waals surface area contributed by atoms with E-state index in [1.54, 1.807) is 24.4 Å². The molecule has 0 radical (unpaired) electrons. The van der Waals surface area contributed by atoms with Crippen molar-refractivity contribution in [3.63, 3.8) is 0 Å². The summed E-state index contributed by atoms with van der Waals surface area (Å²) in [6, 6.07) is 15.0. The predicted octanol–water partition coefficient (Wildman–Crippen LogP) is 4.27. The molecule has 0 spiro atoms. The van der Waals surface area contributed by atoms with Crippen LogP contribution < -0.4 is 10.3 Å². The quantitative estimate of drug-likeness (QED) is 0.697. The highest BCUT2D eigenvalue weighted by Gasteiger charge is 2.12. The molecule has 4 nitrogen and oxygen atoms in total. The predicted molar refractivity (Wildman–Crippen MR) is 96.0 cm³/mol. The molecule has 1 aromatic heterocycles. The minimum absolute atomic E-state index is 0.190. The third-order valence-corrected chi connectivity index (χ3v) is 4.30. The molecule has 3 aromatic rings. The fourth-order valence-electron chi connectivity index (χ4n) is 2.38. The summed E-state index contributed by atoms with van der Waals surface area (Å²) in [5.74, 6) is 0.693. The van der Waals surface area contributed by atoms with Crippen LogP contribution in [0.25, 0.3) is 11.4 Å². The van der Waals surface area contributed by atoms with Crippen LogP contribution in [0.2, 0.25) is 10.0 Å². The van der Waals surface area contributed by atoms with Gasteiger partial charge in [0.2, 0.25) is 5.75 Å². The van der Waals surface area contributed by atoms with E-state index in [0.29, 0.717) is 28.0 Å². The third kappa shape index (κ3) is 3.45. The van der Waals surface area contributed by atoms with Gasteiger partial charge in [0.25, 0.3) is 0 Å². The molecule has 3 rings (SSSR count). The Morgan fingerprint density at radius 1 is 1.08 bits per heavy atom. The van der Waals surface area contributed by atoms with Gasteiger partial charge in [0.05, 0.1) is 23.4 Å². The minimum Gasteiger partial charge on any atom is -0.490 e. The lowest BCUT2D eigenvalue weighted by molar-refractivity contribution is 0.402. The maximum Gasteiger partial charge on any atom is 0.315 e. The van der Waals surface area contributed by atoms with Gasteiger partial charge in [-0.3, -0.25) is 4.79 Å². The summed E-state index contributed by atoms with van der Waals surface area (Å²) in [7, 11) is 1.45. The second-order valence-electron chi connectivity index (χ2n) is 5.18. The number of nitrogens with zero attached hydrogens (tertiary/aromatic N) is 2. The van der Waals surface area contributed by atoms with E-state index in [9.17, 15) is 4.79 Å². The van der Waals surface area contributed by atoms with E-state index in [2.05, 4.69) is 4.98 Å². The Bertz CT molecular complexity index is 924.